The number of likely N-dealkylation sites (tertiary alicyclic amines) is 1. The number of benzene rings is 2. The molecule has 178 valence electrons. The van der Waals surface area contributed by atoms with E-state index in [9.17, 15) is 4.79 Å². The average Bonchev–Trinajstić information content (AvgIpc) is 3.43. The monoisotopic (exact) mass is 457 g/mol. The van der Waals surface area contributed by atoms with Crippen LogP contribution in [0, 0.1) is 23.2 Å². The molecule has 1 amide bonds. The van der Waals surface area contributed by atoms with Gasteiger partial charge in [0.15, 0.2) is 0 Å². The molecule has 1 unspecified atom stereocenters. The van der Waals surface area contributed by atoms with Gasteiger partial charge >= 0.3 is 0 Å². The largest absolute Gasteiger partial charge is 0.494 e. The molecule has 0 spiro atoms. The molecule has 0 radical (unpaired) electrons. The van der Waals surface area contributed by atoms with Crippen molar-refractivity contribution in [2.45, 2.75) is 56.9 Å². The van der Waals surface area contributed by atoms with Crippen molar-refractivity contribution < 1.29 is 9.53 Å². The molecule has 3 aliphatic rings. The van der Waals surface area contributed by atoms with Crippen LogP contribution in [0.15, 0.2) is 48.5 Å². The number of fused-ring (bicyclic) bond motifs is 1. The summed E-state index contributed by atoms with van der Waals surface area (Å²) in [5, 5.41) is 12.2. The van der Waals surface area contributed by atoms with Gasteiger partial charge in [-0.25, -0.2) is 0 Å². The van der Waals surface area contributed by atoms with Crippen molar-refractivity contribution in [3.8, 4) is 11.8 Å². The lowest BCUT2D eigenvalue weighted by Crippen LogP contribution is -2.58. The van der Waals surface area contributed by atoms with E-state index < -0.39 is 0 Å². The maximum atomic E-state index is 13.7. The normalized spacial score (nSPS) is 23.8. The highest BCUT2D eigenvalue weighted by molar-refractivity contribution is 5.91. The zero-order valence-electron chi connectivity index (χ0n) is 20.0. The minimum atomic E-state index is -0.351. The number of nitrogens with zero attached hydrogens (tertiary/aromatic N) is 2. The summed E-state index contributed by atoms with van der Waals surface area (Å²) in [7, 11) is 0. The lowest BCUT2D eigenvalue weighted by molar-refractivity contribution is -0.134. The Bertz CT molecular complexity index is 1030. The molecular formula is C29H35N3O2. The summed E-state index contributed by atoms with van der Waals surface area (Å²) in [6.07, 6.45) is 7.98. The lowest BCUT2D eigenvalue weighted by atomic mass is 9.57. The van der Waals surface area contributed by atoms with E-state index in [-0.39, 0.29) is 11.3 Å². The molecule has 2 aromatic carbocycles. The lowest BCUT2D eigenvalue weighted by Gasteiger charge is -2.50. The van der Waals surface area contributed by atoms with Crippen LogP contribution in [0.3, 0.4) is 0 Å². The minimum absolute atomic E-state index is 0.285. The minimum Gasteiger partial charge on any atom is -0.494 e. The van der Waals surface area contributed by atoms with Gasteiger partial charge < -0.3 is 15.0 Å². The number of nitriles is 1. The van der Waals surface area contributed by atoms with Crippen molar-refractivity contribution in [3.05, 3.63) is 65.2 Å². The highest BCUT2D eigenvalue weighted by atomic mass is 16.5. The van der Waals surface area contributed by atoms with Crippen LogP contribution in [-0.4, -0.2) is 37.0 Å². The van der Waals surface area contributed by atoms with Gasteiger partial charge in [0.1, 0.15) is 5.75 Å². The van der Waals surface area contributed by atoms with Gasteiger partial charge in [-0.1, -0.05) is 37.1 Å². The van der Waals surface area contributed by atoms with E-state index in [0.29, 0.717) is 30.6 Å². The topological polar surface area (TPSA) is 65.4 Å². The van der Waals surface area contributed by atoms with Crippen molar-refractivity contribution in [2.24, 2.45) is 11.8 Å². The van der Waals surface area contributed by atoms with Crippen LogP contribution in [0.4, 0.5) is 0 Å². The number of ether oxygens (including phenoxy) is 1. The molecule has 1 atom stereocenters. The predicted molar refractivity (Wildman–Crippen MR) is 132 cm³/mol. The fraction of sp³-hybridized carbons (Fsp3) is 0.517. The van der Waals surface area contributed by atoms with E-state index in [0.717, 1.165) is 44.6 Å². The van der Waals surface area contributed by atoms with E-state index >= 15 is 0 Å². The Hall–Kier alpha value is -2.84. The molecule has 1 aliphatic carbocycles. The summed E-state index contributed by atoms with van der Waals surface area (Å²) in [6, 6.07) is 18.1. The summed E-state index contributed by atoms with van der Waals surface area (Å²) >= 11 is 0. The van der Waals surface area contributed by atoms with Crippen LogP contribution in [0.1, 0.15) is 61.6 Å². The molecule has 5 rings (SSSR count). The number of hydrogen-bond acceptors (Lipinski definition) is 4. The van der Waals surface area contributed by atoms with Crippen molar-refractivity contribution in [2.75, 3.05) is 26.2 Å². The standard InChI is InChI=1S/C29H35N3O2/c30-20-22-10-12-26(13-11-22)34-19-5-16-32-17-14-25(15-18-32)29(24-7-2-3-8-24)27-9-4-1-6-23(27)21-31-28(29)33/h1,4,6,9-13,24-25H,2-3,5,7-8,14-19,21H2,(H,31,33). The Kier molecular flexibility index (Phi) is 6.87. The molecule has 2 fully saturated rings. The van der Waals surface area contributed by atoms with Gasteiger partial charge in [-0.05, 0) is 92.4 Å². The van der Waals surface area contributed by atoms with Crippen molar-refractivity contribution in [3.63, 3.8) is 0 Å². The number of rotatable bonds is 7. The van der Waals surface area contributed by atoms with E-state index in [1.807, 2.05) is 12.1 Å². The Morgan fingerprint density at radius 2 is 1.71 bits per heavy atom. The summed E-state index contributed by atoms with van der Waals surface area (Å²) < 4.78 is 5.86. The van der Waals surface area contributed by atoms with Crippen LogP contribution in [0.5, 0.6) is 5.75 Å². The Morgan fingerprint density at radius 1 is 1.00 bits per heavy atom. The summed E-state index contributed by atoms with van der Waals surface area (Å²) in [6.45, 7) is 4.45. The zero-order chi connectivity index (χ0) is 23.4. The SMILES string of the molecule is N#Cc1ccc(OCCCN2CCC(C3(C4CCCC4)C(=O)NCc4ccccc43)CC2)cc1. The van der Waals surface area contributed by atoms with Gasteiger partial charge in [-0.15, -0.1) is 0 Å². The van der Waals surface area contributed by atoms with Crippen molar-refractivity contribution in [1.29, 1.82) is 5.26 Å². The van der Waals surface area contributed by atoms with Gasteiger partial charge in [-0.3, -0.25) is 4.79 Å². The van der Waals surface area contributed by atoms with Gasteiger partial charge in [0.2, 0.25) is 5.91 Å². The quantitative estimate of drug-likeness (QED) is 0.607. The molecule has 1 saturated carbocycles. The summed E-state index contributed by atoms with van der Waals surface area (Å²) in [4.78, 5) is 16.2. The van der Waals surface area contributed by atoms with Crippen LogP contribution >= 0.6 is 0 Å². The third-order valence-electron chi connectivity index (χ3n) is 8.38. The molecular weight excluding hydrogens is 422 g/mol. The fourth-order valence-corrected chi connectivity index (χ4v) is 6.76. The molecule has 0 aromatic heterocycles. The number of amides is 1. The fourth-order valence-electron chi connectivity index (χ4n) is 6.76. The van der Waals surface area contributed by atoms with Gasteiger partial charge in [0, 0.05) is 13.1 Å². The van der Waals surface area contributed by atoms with E-state index in [1.165, 1.54) is 36.8 Å². The van der Waals surface area contributed by atoms with Crippen LogP contribution < -0.4 is 10.1 Å². The maximum absolute atomic E-state index is 13.7. The molecule has 1 N–H and O–H groups in total. The smallest absolute Gasteiger partial charge is 0.231 e. The summed E-state index contributed by atoms with van der Waals surface area (Å²) in [5.74, 6) is 1.97. The van der Waals surface area contributed by atoms with E-state index in [4.69, 9.17) is 10.00 Å². The number of carbonyl (C=O) groups is 1. The second-order valence-corrected chi connectivity index (χ2v) is 10.1. The maximum Gasteiger partial charge on any atom is 0.231 e. The van der Waals surface area contributed by atoms with Gasteiger partial charge in [0.05, 0.1) is 23.7 Å². The van der Waals surface area contributed by atoms with E-state index in [2.05, 4.69) is 40.6 Å². The second kappa shape index (κ2) is 10.2. The molecule has 5 heteroatoms. The highest BCUT2D eigenvalue weighted by Gasteiger charge is 2.55. The van der Waals surface area contributed by atoms with Crippen molar-refractivity contribution in [1.82, 2.24) is 10.2 Å². The Balaban J connectivity index is 1.21. The number of piperidine rings is 1. The highest BCUT2D eigenvalue weighted by Crippen LogP contribution is 2.52. The molecule has 2 heterocycles. The van der Waals surface area contributed by atoms with Crippen LogP contribution in [0.25, 0.3) is 0 Å². The first-order valence-corrected chi connectivity index (χ1v) is 12.9. The summed E-state index contributed by atoms with van der Waals surface area (Å²) in [5.41, 5.74) is 2.94. The molecule has 1 saturated heterocycles. The third kappa shape index (κ3) is 4.32. The van der Waals surface area contributed by atoms with Crippen LogP contribution in [-0.2, 0) is 16.8 Å². The van der Waals surface area contributed by atoms with Gasteiger partial charge in [-0.2, -0.15) is 5.26 Å². The van der Waals surface area contributed by atoms with E-state index in [1.54, 1.807) is 12.1 Å². The number of carbonyl (C=O) groups excluding carboxylic acids is 1. The van der Waals surface area contributed by atoms with Crippen LogP contribution in [0.2, 0.25) is 0 Å². The molecule has 34 heavy (non-hydrogen) atoms. The second-order valence-electron chi connectivity index (χ2n) is 10.1. The first-order valence-electron chi connectivity index (χ1n) is 12.9. The Labute approximate surface area is 203 Å². The number of hydrogen-bond donors (Lipinski definition) is 1. The van der Waals surface area contributed by atoms with Gasteiger partial charge in [0.25, 0.3) is 0 Å². The molecule has 2 aliphatic heterocycles. The third-order valence-corrected chi connectivity index (χ3v) is 8.38. The Morgan fingerprint density at radius 3 is 2.44 bits per heavy atom. The average molecular weight is 458 g/mol. The predicted octanol–water partition coefficient (Wildman–Crippen LogP) is 4.80. The molecule has 0 bridgehead atoms. The molecule has 5 nitrogen and oxygen atoms in total. The first kappa shape index (κ1) is 22.9. The zero-order valence-corrected chi connectivity index (χ0v) is 20.0. The van der Waals surface area contributed by atoms with Crippen molar-refractivity contribution >= 4 is 5.91 Å². The first-order chi connectivity index (χ1) is 16.7. The number of nitrogens with one attached hydrogen (secondary N) is 1. The molecule has 2 aromatic rings.